The third kappa shape index (κ3) is 4.03. The number of nitrogens with one attached hydrogen (secondary N) is 1. The fraction of sp³-hybridized carbons (Fsp3) is 0.211. The van der Waals surface area contributed by atoms with E-state index in [0.29, 0.717) is 11.6 Å². The number of rotatable bonds is 6. The van der Waals surface area contributed by atoms with Crippen molar-refractivity contribution in [1.82, 2.24) is 15.1 Å². The van der Waals surface area contributed by atoms with Gasteiger partial charge < -0.3 is 10.4 Å². The van der Waals surface area contributed by atoms with Gasteiger partial charge in [0.2, 0.25) is 0 Å². The molecule has 0 saturated carbocycles. The Bertz CT molecular complexity index is 754. The summed E-state index contributed by atoms with van der Waals surface area (Å²) >= 11 is 5.87. The molecule has 0 aliphatic heterocycles. The van der Waals surface area contributed by atoms with Crippen molar-refractivity contribution in [1.29, 1.82) is 0 Å². The number of aliphatic hydroxyl groups is 1. The van der Waals surface area contributed by atoms with Crippen molar-refractivity contribution >= 4 is 11.6 Å². The van der Waals surface area contributed by atoms with Gasteiger partial charge in [-0.1, -0.05) is 35.9 Å². The van der Waals surface area contributed by atoms with Gasteiger partial charge in [0.05, 0.1) is 11.8 Å². The molecule has 2 atom stereocenters. The summed E-state index contributed by atoms with van der Waals surface area (Å²) in [6.45, 7) is 2.56. The lowest BCUT2D eigenvalue weighted by atomic mass is 10.1. The van der Waals surface area contributed by atoms with Crippen LogP contribution < -0.4 is 5.32 Å². The monoisotopic (exact) mass is 341 g/mol. The number of aromatic nitrogens is 2. The molecule has 0 aliphatic carbocycles. The SMILES string of the molecule is CC(NC[C@@H](O)c1ccc(Cl)cc1)c1ccc(-n2cccn2)cc1. The van der Waals surface area contributed by atoms with Gasteiger partial charge in [-0.3, -0.25) is 0 Å². The number of benzene rings is 2. The Kier molecular flexibility index (Phi) is 5.30. The summed E-state index contributed by atoms with van der Waals surface area (Å²) in [5.74, 6) is 0. The predicted octanol–water partition coefficient (Wildman–Crippen LogP) is 3.91. The number of nitrogens with zero attached hydrogens (tertiary/aromatic N) is 2. The Morgan fingerprint density at radius 1 is 1.08 bits per heavy atom. The van der Waals surface area contributed by atoms with Crippen LogP contribution in [0.15, 0.2) is 67.0 Å². The van der Waals surface area contributed by atoms with Crippen LogP contribution in [0, 0.1) is 0 Å². The van der Waals surface area contributed by atoms with Crippen LogP contribution in [0.5, 0.6) is 0 Å². The van der Waals surface area contributed by atoms with Crippen molar-refractivity contribution in [3.8, 4) is 5.69 Å². The molecule has 1 unspecified atom stereocenters. The first kappa shape index (κ1) is 16.7. The van der Waals surface area contributed by atoms with E-state index >= 15 is 0 Å². The third-order valence-corrected chi connectivity index (χ3v) is 4.29. The van der Waals surface area contributed by atoms with Gasteiger partial charge in [0.1, 0.15) is 0 Å². The molecule has 3 aromatic rings. The molecule has 1 heterocycles. The van der Waals surface area contributed by atoms with Crippen molar-refractivity contribution in [3.63, 3.8) is 0 Å². The van der Waals surface area contributed by atoms with Crippen molar-refractivity contribution < 1.29 is 5.11 Å². The highest BCUT2D eigenvalue weighted by atomic mass is 35.5. The highest BCUT2D eigenvalue weighted by Gasteiger charge is 2.11. The van der Waals surface area contributed by atoms with Crippen LogP contribution in [0.2, 0.25) is 5.02 Å². The minimum absolute atomic E-state index is 0.138. The van der Waals surface area contributed by atoms with E-state index in [1.165, 1.54) is 0 Å². The minimum Gasteiger partial charge on any atom is -0.387 e. The lowest BCUT2D eigenvalue weighted by Gasteiger charge is -2.18. The van der Waals surface area contributed by atoms with Gasteiger partial charge in [0.15, 0.2) is 0 Å². The Morgan fingerprint density at radius 2 is 1.75 bits per heavy atom. The highest BCUT2D eigenvalue weighted by molar-refractivity contribution is 6.30. The molecule has 124 valence electrons. The second-order valence-corrected chi connectivity index (χ2v) is 6.18. The summed E-state index contributed by atoms with van der Waals surface area (Å²) in [6, 6.07) is 17.5. The third-order valence-electron chi connectivity index (χ3n) is 4.03. The highest BCUT2D eigenvalue weighted by Crippen LogP contribution is 2.19. The number of hydrogen-bond donors (Lipinski definition) is 2. The molecular formula is C19H20ClN3O. The van der Waals surface area contributed by atoms with E-state index in [-0.39, 0.29) is 6.04 Å². The lowest BCUT2D eigenvalue weighted by molar-refractivity contribution is 0.171. The maximum atomic E-state index is 10.3. The molecule has 0 spiro atoms. The average Bonchev–Trinajstić information content (AvgIpc) is 3.15. The van der Waals surface area contributed by atoms with E-state index in [9.17, 15) is 5.11 Å². The van der Waals surface area contributed by atoms with Gasteiger partial charge in [0, 0.05) is 30.0 Å². The smallest absolute Gasteiger partial charge is 0.0914 e. The largest absolute Gasteiger partial charge is 0.387 e. The molecular weight excluding hydrogens is 322 g/mol. The predicted molar refractivity (Wildman–Crippen MR) is 96.4 cm³/mol. The van der Waals surface area contributed by atoms with E-state index in [1.807, 2.05) is 41.2 Å². The van der Waals surface area contributed by atoms with E-state index in [2.05, 4.69) is 29.5 Å². The maximum Gasteiger partial charge on any atom is 0.0914 e. The molecule has 0 bridgehead atoms. The topological polar surface area (TPSA) is 50.1 Å². The van der Waals surface area contributed by atoms with Gasteiger partial charge >= 0.3 is 0 Å². The molecule has 0 fully saturated rings. The van der Waals surface area contributed by atoms with Crippen LogP contribution in [0.4, 0.5) is 0 Å². The van der Waals surface area contributed by atoms with E-state index in [4.69, 9.17) is 11.6 Å². The molecule has 1 aromatic heterocycles. The molecule has 0 amide bonds. The van der Waals surface area contributed by atoms with Gasteiger partial charge in [0.25, 0.3) is 0 Å². The molecule has 2 aromatic carbocycles. The number of halogens is 1. The van der Waals surface area contributed by atoms with Gasteiger partial charge in [-0.25, -0.2) is 4.68 Å². The van der Waals surface area contributed by atoms with Crippen LogP contribution in [-0.4, -0.2) is 21.4 Å². The fourth-order valence-corrected chi connectivity index (χ4v) is 2.67. The molecule has 24 heavy (non-hydrogen) atoms. The van der Waals surface area contributed by atoms with Crippen molar-refractivity contribution in [2.24, 2.45) is 0 Å². The van der Waals surface area contributed by atoms with E-state index < -0.39 is 6.10 Å². The minimum atomic E-state index is -0.562. The van der Waals surface area contributed by atoms with Crippen LogP contribution >= 0.6 is 11.6 Å². The number of hydrogen-bond acceptors (Lipinski definition) is 3. The summed E-state index contributed by atoms with van der Waals surface area (Å²) in [6.07, 6.45) is 3.11. The van der Waals surface area contributed by atoms with Gasteiger partial charge in [-0.15, -0.1) is 0 Å². The Morgan fingerprint density at radius 3 is 2.38 bits per heavy atom. The molecule has 4 nitrogen and oxygen atoms in total. The first-order chi connectivity index (χ1) is 11.6. The second-order valence-electron chi connectivity index (χ2n) is 5.74. The van der Waals surface area contributed by atoms with Crippen LogP contribution in [0.25, 0.3) is 5.69 Å². The summed E-state index contributed by atoms with van der Waals surface area (Å²) in [5.41, 5.74) is 3.04. The summed E-state index contributed by atoms with van der Waals surface area (Å²) in [4.78, 5) is 0. The normalized spacial score (nSPS) is 13.6. The molecule has 2 N–H and O–H groups in total. The fourth-order valence-electron chi connectivity index (χ4n) is 2.55. The van der Waals surface area contributed by atoms with Gasteiger partial charge in [-0.2, -0.15) is 5.10 Å². The molecule has 0 radical (unpaired) electrons. The average molecular weight is 342 g/mol. The van der Waals surface area contributed by atoms with Crippen LogP contribution in [0.3, 0.4) is 0 Å². The lowest BCUT2D eigenvalue weighted by Crippen LogP contribution is -2.24. The zero-order valence-electron chi connectivity index (χ0n) is 13.4. The van der Waals surface area contributed by atoms with Crippen molar-refractivity contribution in [2.75, 3.05) is 6.54 Å². The zero-order chi connectivity index (χ0) is 16.9. The van der Waals surface area contributed by atoms with Crippen molar-refractivity contribution in [3.05, 3.63) is 83.1 Å². The quantitative estimate of drug-likeness (QED) is 0.714. The second kappa shape index (κ2) is 7.62. The van der Waals surface area contributed by atoms with E-state index in [1.54, 1.807) is 18.3 Å². The Labute approximate surface area is 146 Å². The van der Waals surface area contributed by atoms with E-state index in [0.717, 1.165) is 16.8 Å². The summed E-state index contributed by atoms with van der Waals surface area (Å²) < 4.78 is 1.83. The van der Waals surface area contributed by atoms with Gasteiger partial charge in [-0.05, 0) is 48.4 Å². The Balaban J connectivity index is 1.58. The first-order valence-electron chi connectivity index (χ1n) is 7.90. The molecule has 3 rings (SSSR count). The van der Waals surface area contributed by atoms with Crippen LogP contribution in [0.1, 0.15) is 30.2 Å². The summed E-state index contributed by atoms with van der Waals surface area (Å²) in [5, 5.41) is 18.5. The molecule has 5 heteroatoms. The molecule has 0 saturated heterocycles. The van der Waals surface area contributed by atoms with Crippen molar-refractivity contribution in [2.45, 2.75) is 19.1 Å². The first-order valence-corrected chi connectivity index (χ1v) is 8.28. The zero-order valence-corrected chi connectivity index (χ0v) is 14.2. The maximum absolute atomic E-state index is 10.3. The summed E-state index contributed by atoms with van der Waals surface area (Å²) in [7, 11) is 0. The Hall–Kier alpha value is -2.14. The number of aliphatic hydroxyl groups excluding tert-OH is 1. The standard InChI is InChI=1S/C19H20ClN3O/c1-14(21-13-19(24)16-3-7-17(20)8-4-16)15-5-9-18(10-6-15)23-12-2-11-22-23/h2-12,14,19,21,24H,13H2,1H3/t14?,19-/m1/s1. The van der Waals surface area contributed by atoms with Crippen LogP contribution in [-0.2, 0) is 0 Å². The molecule has 0 aliphatic rings.